The molecule has 0 aromatic rings. The minimum absolute atomic E-state index is 0.0931. The molecule has 3 atom stereocenters. The average molecular weight is 347 g/mol. The van der Waals surface area contributed by atoms with Crippen molar-refractivity contribution in [2.75, 3.05) is 13.1 Å². The second-order valence-electron chi connectivity index (χ2n) is 6.15. The van der Waals surface area contributed by atoms with Gasteiger partial charge in [-0.1, -0.05) is 13.8 Å². The van der Waals surface area contributed by atoms with Gasteiger partial charge >= 0.3 is 0 Å². The third kappa shape index (κ3) is 5.07. The monoisotopic (exact) mass is 346 g/mol. The van der Waals surface area contributed by atoms with E-state index >= 15 is 0 Å². The van der Waals surface area contributed by atoms with Gasteiger partial charge in [0.25, 0.3) is 0 Å². The van der Waals surface area contributed by atoms with Gasteiger partial charge in [-0.15, -0.1) is 0 Å². The quantitative estimate of drug-likeness (QED) is 0.581. The number of carbonyl (C=O) groups excluding carboxylic acids is 3. The van der Waals surface area contributed by atoms with Crippen molar-refractivity contribution in [3.8, 4) is 0 Å². The highest BCUT2D eigenvalue weighted by Gasteiger charge is 2.38. The van der Waals surface area contributed by atoms with Crippen LogP contribution < -0.4 is 15.5 Å². The predicted octanol–water partition coefficient (Wildman–Crippen LogP) is 0.386. The number of nitrogens with one attached hydrogen (secondary N) is 3. The normalized spacial score (nSPS) is 20.3. The number of likely N-dealkylation sites (tertiary alicyclic amines) is 1. The minimum atomic E-state index is -0.676. The molecule has 1 fully saturated rings. The van der Waals surface area contributed by atoms with Crippen molar-refractivity contribution in [2.45, 2.75) is 58.7 Å². The maximum absolute atomic E-state index is 12.8. The molecule has 1 aliphatic rings. The van der Waals surface area contributed by atoms with Crippen LogP contribution in [0.3, 0.4) is 0 Å². The summed E-state index contributed by atoms with van der Waals surface area (Å²) in [5, 5.41) is 5.49. The highest BCUT2D eigenvalue weighted by atomic mass is 35.5. The minimum Gasteiger partial charge on any atom is -0.355 e. The summed E-state index contributed by atoms with van der Waals surface area (Å²) in [6.45, 7) is 8.23. The zero-order valence-corrected chi connectivity index (χ0v) is 14.9. The van der Waals surface area contributed by atoms with Crippen LogP contribution in [0, 0.1) is 5.92 Å². The highest BCUT2D eigenvalue weighted by molar-refractivity contribution is 6.15. The fraction of sp³-hybridized carbons (Fsp3) is 0.800. The number of rotatable bonds is 7. The van der Waals surface area contributed by atoms with Crippen LogP contribution >= 0.6 is 11.8 Å². The fourth-order valence-corrected chi connectivity index (χ4v) is 2.71. The summed E-state index contributed by atoms with van der Waals surface area (Å²) >= 11 is 5.46. The number of nitrogens with zero attached hydrogens (tertiary/aromatic N) is 1. The fourth-order valence-electron chi connectivity index (χ4n) is 2.62. The Hall–Kier alpha value is -1.34. The van der Waals surface area contributed by atoms with Crippen LogP contribution in [0.5, 0.6) is 0 Å². The van der Waals surface area contributed by atoms with Gasteiger partial charge in [-0.05, 0) is 44.4 Å². The van der Waals surface area contributed by atoms with Gasteiger partial charge in [0.2, 0.25) is 17.7 Å². The Morgan fingerprint density at radius 3 is 2.43 bits per heavy atom. The molecule has 132 valence electrons. The molecule has 0 spiro atoms. The lowest BCUT2D eigenvalue weighted by Gasteiger charge is -2.31. The highest BCUT2D eigenvalue weighted by Crippen LogP contribution is 2.20. The van der Waals surface area contributed by atoms with Crippen LogP contribution in [0.2, 0.25) is 0 Å². The zero-order valence-electron chi connectivity index (χ0n) is 14.2. The topological polar surface area (TPSA) is 90.5 Å². The molecule has 1 rings (SSSR count). The van der Waals surface area contributed by atoms with Crippen molar-refractivity contribution in [3.63, 3.8) is 0 Å². The van der Waals surface area contributed by atoms with Crippen LogP contribution in [-0.2, 0) is 14.4 Å². The third-order valence-electron chi connectivity index (χ3n) is 3.98. The van der Waals surface area contributed by atoms with Gasteiger partial charge in [-0.25, -0.2) is 4.84 Å². The first kappa shape index (κ1) is 19.7. The van der Waals surface area contributed by atoms with Crippen LogP contribution in [0.1, 0.15) is 40.5 Å². The largest absolute Gasteiger partial charge is 0.355 e. The summed E-state index contributed by atoms with van der Waals surface area (Å²) in [5.41, 5.74) is 0. The number of hydrogen-bond donors (Lipinski definition) is 3. The molecule has 3 unspecified atom stereocenters. The molecule has 1 saturated heterocycles. The molecule has 0 radical (unpaired) electrons. The van der Waals surface area contributed by atoms with E-state index in [1.807, 2.05) is 20.8 Å². The summed E-state index contributed by atoms with van der Waals surface area (Å²) in [6, 6.07) is -1.74. The maximum atomic E-state index is 12.8. The first-order valence-electron chi connectivity index (χ1n) is 8.08. The van der Waals surface area contributed by atoms with Gasteiger partial charge in [0.15, 0.2) is 0 Å². The Morgan fingerprint density at radius 1 is 1.26 bits per heavy atom. The Morgan fingerprint density at radius 2 is 1.91 bits per heavy atom. The van der Waals surface area contributed by atoms with E-state index in [0.717, 1.165) is 6.42 Å². The van der Waals surface area contributed by atoms with Crippen molar-refractivity contribution >= 4 is 29.5 Å². The molecule has 7 nitrogen and oxygen atoms in total. The molecule has 3 N–H and O–H groups in total. The Kier molecular flexibility index (Phi) is 7.78. The lowest BCUT2D eigenvalue weighted by molar-refractivity contribution is -0.142. The molecule has 0 aromatic carbocycles. The van der Waals surface area contributed by atoms with Gasteiger partial charge in [-0.2, -0.15) is 0 Å². The molecule has 8 heteroatoms. The molecule has 0 aromatic heterocycles. The van der Waals surface area contributed by atoms with E-state index in [0.29, 0.717) is 19.5 Å². The molecule has 23 heavy (non-hydrogen) atoms. The SMILES string of the molecule is CCNC(=O)C1CCCN1C(=O)C(NC(=O)C(C)NCl)C(C)C. The van der Waals surface area contributed by atoms with Crippen LogP contribution in [0.25, 0.3) is 0 Å². The number of halogens is 1. The molecular weight excluding hydrogens is 320 g/mol. The van der Waals surface area contributed by atoms with E-state index in [2.05, 4.69) is 15.5 Å². The third-order valence-corrected chi connectivity index (χ3v) is 4.30. The number of carbonyl (C=O) groups is 3. The summed E-state index contributed by atoms with van der Waals surface area (Å²) < 4.78 is 0. The van der Waals surface area contributed by atoms with Gasteiger partial charge in [-0.3, -0.25) is 14.4 Å². The van der Waals surface area contributed by atoms with Crippen molar-refractivity contribution in [2.24, 2.45) is 5.92 Å². The van der Waals surface area contributed by atoms with E-state index in [1.165, 1.54) is 0 Å². The van der Waals surface area contributed by atoms with Gasteiger partial charge in [0.1, 0.15) is 12.1 Å². The number of amides is 3. The Balaban J connectivity index is 2.84. The van der Waals surface area contributed by atoms with Crippen molar-refractivity contribution < 1.29 is 14.4 Å². The van der Waals surface area contributed by atoms with Gasteiger partial charge in [0, 0.05) is 13.1 Å². The zero-order chi connectivity index (χ0) is 17.6. The first-order chi connectivity index (χ1) is 10.8. The van der Waals surface area contributed by atoms with Crippen molar-refractivity contribution in [1.29, 1.82) is 0 Å². The van der Waals surface area contributed by atoms with Crippen LogP contribution in [0.4, 0.5) is 0 Å². The first-order valence-corrected chi connectivity index (χ1v) is 8.46. The summed E-state index contributed by atoms with van der Waals surface area (Å²) in [6.07, 6.45) is 1.43. The predicted molar refractivity (Wildman–Crippen MR) is 88.6 cm³/mol. The van der Waals surface area contributed by atoms with E-state index in [1.54, 1.807) is 11.8 Å². The number of likely N-dealkylation sites (N-methyl/N-ethyl adjacent to an activating group) is 1. The summed E-state index contributed by atoms with van der Waals surface area (Å²) in [7, 11) is 0. The molecule has 3 amide bonds. The summed E-state index contributed by atoms with van der Waals surface area (Å²) in [4.78, 5) is 40.9. The second kappa shape index (κ2) is 9.08. The smallest absolute Gasteiger partial charge is 0.246 e. The standard InChI is InChI=1S/C15H27ClN4O3/c1-5-17-14(22)11-7-6-8-20(11)15(23)12(9(2)3)18-13(21)10(4)19-16/h9-12,19H,5-8H2,1-4H3,(H,17,22)(H,18,21). The lowest BCUT2D eigenvalue weighted by atomic mass is 10.0. The maximum Gasteiger partial charge on any atom is 0.246 e. The molecule has 0 bridgehead atoms. The van der Waals surface area contributed by atoms with Gasteiger partial charge < -0.3 is 15.5 Å². The number of hydrogen-bond acceptors (Lipinski definition) is 4. The average Bonchev–Trinajstić information content (AvgIpc) is 3.00. The van der Waals surface area contributed by atoms with E-state index in [9.17, 15) is 14.4 Å². The van der Waals surface area contributed by atoms with E-state index < -0.39 is 18.1 Å². The van der Waals surface area contributed by atoms with Crippen LogP contribution in [-0.4, -0.2) is 53.8 Å². The molecule has 1 aliphatic heterocycles. The Labute approximate surface area is 142 Å². The second-order valence-corrected chi connectivity index (χ2v) is 6.36. The van der Waals surface area contributed by atoms with E-state index in [4.69, 9.17) is 11.8 Å². The van der Waals surface area contributed by atoms with Crippen LogP contribution in [0.15, 0.2) is 0 Å². The lowest BCUT2D eigenvalue weighted by Crippen LogP contribution is -2.57. The molecular formula is C15H27ClN4O3. The molecule has 0 saturated carbocycles. The molecule has 0 aliphatic carbocycles. The van der Waals surface area contributed by atoms with Crippen molar-refractivity contribution in [3.05, 3.63) is 0 Å². The van der Waals surface area contributed by atoms with Gasteiger partial charge in [0.05, 0.1) is 6.04 Å². The van der Waals surface area contributed by atoms with E-state index in [-0.39, 0.29) is 23.6 Å². The van der Waals surface area contributed by atoms with Crippen molar-refractivity contribution in [1.82, 2.24) is 20.4 Å². The molecule has 1 heterocycles. The Bertz CT molecular complexity index is 444. The summed E-state index contributed by atoms with van der Waals surface area (Å²) in [5.74, 6) is -0.794.